The lowest BCUT2D eigenvalue weighted by Crippen LogP contribution is -2.39. The number of halogens is 1. The Balaban J connectivity index is 1.83. The Morgan fingerprint density at radius 2 is 1.65 bits per heavy atom. The summed E-state index contributed by atoms with van der Waals surface area (Å²) in [7, 11) is 6.30. The van der Waals surface area contributed by atoms with Crippen LogP contribution in [0.2, 0.25) is 0 Å². The number of benzene rings is 2. The summed E-state index contributed by atoms with van der Waals surface area (Å²) >= 11 is 3.58. The maximum Gasteiger partial charge on any atom is 0.315 e. The molecule has 1 aliphatic carbocycles. The fraction of sp³-hybridized carbons (Fsp3) is 0.452. The third-order valence-corrected chi connectivity index (χ3v) is 8.32. The number of esters is 1. The number of ether oxygens (including phenoxy) is 5. The predicted molar refractivity (Wildman–Crippen MR) is 156 cm³/mol. The zero-order valence-electron chi connectivity index (χ0n) is 24.0. The molecule has 0 N–H and O–H groups in total. The van der Waals surface area contributed by atoms with Gasteiger partial charge in [0.2, 0.25) is 0 Å². The number of methoxy groups -OCH3 is 4. The molecule has 4 atom stereocenters. The molecule has 1 heterocycles. The number of allylic oxidation sites excluding steroid dienone is 2. The molecule has 2 aromatic carbocycles. The first-order valence-electron chi connectivity index (χ1n) is 13.3. The Morgan fingerprint density at radius 1 is 0.975 bits per heavy atom. The largest absolute Gasteiger partial charge is 0.493 e. The van der Waals surface area contributed by atoms with Crippen LogP contribution in [0.15, 0.2) is 51.1 Å². The van der Waals surface area contributed by atoms with Gasteiger partial charge < -0.3 is 23.7 Å². The van der Waals surface area contributed by atoms with E-state index in [-0.39, 0.29) is 24.2 Å². The molecule has 1 unspecified atom stereocenters. The van der Waals surface area contributed by atoms with Crippen LogP contribution in [0.3, 0.4) is 0 Å². The predicted octanol–water partition coefficient (Wildman–Crippen LogP) is 6.40. The molecule has 0 spiro atoms. The van der Waals surface area contributed by atoms with E-state index in [4.69, 9.17) is 28.7 Å². The van der Waals surface area contributed by atoms with Crippen LogP contribution in [0.4, 0.5) is 0 Å². The van der Waals surface area contributed by atoms with Crippen molar-refractivity contribution in [3.8, 4) is 23.0 Å². The molecule has 40 heavy (non-hydrogen) atoms. The highest BCUT2D eigenvalue weighted by Gasteiger charge is 2.45. The Kier molecular flexibility index (Phi) is 9.23. The molecule has 0 aromatic heterocycles. The molecule has 1 aliphatic heterocycles. The van der Waals surface area contributed by atoms with Crippen LogP contribution >= 0.6 is 15.9 Å². The van der Waals surface area contributed by atoms with Crippen LogP contribution in [-0.2, 0) is 14.3 Å². The maximum absolute atomic E-state index is 14.0. The minimum atomic E-state index is -0.751. The van der Waals surface area contributed by atoms with Crippen LogP contribution in [-0.4, -0.2) is 52.0 Å². The number of ketones is 1. The summed E-state index contributed by atoms with van der Waals surface area (Å²) in [6.07, 6.45) is 1.25. The van der Waals surface area contributed by atoms with Crippen molar-refractivity contribution in [3.63, 3.8) is 0 Å². The highest BCUT2D eigenvalue weighted by molar-refractivity contribution is 9.10. The highest BCUT2D eigenvalue weighted by Crippen LogP contribution is 2.49. The Bertz CT molecular complexity index is 1370. The van der Waals surface area contributed by atoms with Crippen molar-refractivity contribution in [2.24, 2.45) is 10.9 Å². The molecule has 9 heteroatoms. The van der Waals surface area contributed by atoms with Crippen LogP contribution in [0.5, 0.6) is 23.0 Å². The molecule has 0 saturated carbocycles. The van der Waals surface area contributed by atoms with Crippen molar-refractivity contribution in [2.75, 3.05) is 28.4 Å². The van der Waals surface area contributed by atoms with Gasteiger partial charge in [0, 0.05) is 29.3 Å². The normalized spacial score (nSPS) is 21.2. The molecule has 2 aliphatic rings. The minimum Gasteiger partial charge on any atom is -0.493 e. The maximum atomic E-state index is 14.0. The number of aliphatic imine (C=N–C) groups is 1. The Labute approximate surface area is 243 Å². The molecule has 0 saturated heterocycles. The highest BCUT2D eigenvalue weighted by atomic mass is 79.9. The lowest BCUT2D eigenvalue weighted by molar-refractivity contribution is -0.151. The van der Waals surface area contributed by atoms with E-state index in [1.165, 1.54) is 0 Å². The summed E-state index contributed by atoms with van der Waals surface area (Å²) in [5, 5.41) is 0. The summed E-state index contributed by atoms with van der Waals surface area (Å²) in [6, 6.07) is 9.43. The van der Waals surface area contributed by atoms with Crippen LogP contribution in [0.25, 0.3) is 0 Å². The van der Waals surface area contributed by atoms with E-state index in [1.54, 1.807) is 28.4 Å². The smallest absolute Gasteiger partial charge is 0.315 e. The quantitative estimate of drug-likeness (QED) is 0.302. The molecular formula is C31H36BrNO7. The number of hydrogen-bond donors (Lipinski definition) is 0. The molecule has 214 valence electrons. The molecule has 4 rings (SSSR count). The molecule has 2 aromatic rings. The number of hydrogen-bond acceptors (Lipinski definition) is 8. The van der Waals surface area contributed by atoms with Gasteiger partial charge in [0.1, 0.15) is 5.92 Å². The molecule has 0 bridgehead atoms. The van der Waals surface area contributed by atoms with Crippen LogP contribution in [0, 0.1) is 5.92 Å². The van der Waals surface area contributed by atoms with Gasteiger partial charge in [-0.2, -0.15) is 0 Å². The number of rotatable bonds is 9. The zero-order valence-corrected chi connectivity index (χ0v) is 25.6. The molecular weight excluding hydrogens is 578 g/mol. The van der Waals surface area contributed by atoms with Crippen molar-refractivity contribution in [2.45, 2.75) is 58.0 Å². The third kappa shape index (κ3) is 5.61. The first-order chi connectivity index (χ1) is 19.2. The lowest BCUT2D eigenvalue weighted by Gasteiger charge is -2.37. The second kappa shape index (κ2) is 12.5. The Hall–Kier alpha value is -3.33. The average Bonchev–Trinajstić information content (AvgIpc) is 2.95. The van der Waals surface area contributed by atoms with Gasteiger partial charge in [0.15, 0.2) is 28.8 Å². The number of nitrogens with zero attached hydrogens (tertiary/aromatic N) is 1. The molecule has 0 amide bonds. The van der Waals surface area contributed by atoms with Gasteiger partial charge in [-0.3, -0.25) is 14.6 Å². The van der Waals surface area contributed by atoms with Gasteiger partial charge in [0.05, 0.1) is 39.0 Å². The van der Waals surface area contributed by atoms with Gasteiger partial charge in [-0.05, 0) is 83.9 Å². The summed E-state index contributed by atoms with van der Waals surface area (Å²) < 4.78 is 28.5. The van der Waals surface area contributed by atoms with E-state index in [9.17, 15) is 9.59 Å². The van der Waals surface area contributed by atoms with E-state index in [1.807, 2.05) is 51.1 Å². The summed E-state index contributed by atoms with van der Waals surface area (Å²) in [5.74, 6) is 0.390. The standard InChI is InChI=1S/C31H36BrNO7/c1-8-16(2)40-31(35)27-17(3)33-22-12-19(18-9-10-24(36-4)25(14-18)37-5)13-23(34)29(22)28(27)20-11-21(32)30(39-7)26(15-20)38-6/h9-11,14-16,19,27-28H,8,12-13H2,1-7H3/t16-,19+,27?,28-/m0/s1. The summed E-state index contributed by atoms with van der Waals surface area (Å²) in [5.41, 5.74) is 3.57. The van der Waals surface area contributed by atoms with Crippen molar-refractivity contribution >= 4 is 33.4 Å². The number of carbonyl (C=O) groups excluding carboxylic acids is 2. The van der Waals surface area contributed by atoms with Crippen molar-refractivity contribution < 1.29 is 33.3 Å². The topological polar surface area (TPSA) is 92.7 Å². The van der Waals surface area contributed by atoms with E-state index >= 15 is 0 Å². The van der Waals surface area contributed by atoms with Crippen LogP contribution < -0.4 is 18.9 Å². The fourth-order valence-electron chi connectivity index (χ4n) is 5.54. The average molecular weight is 615 g/mol. The number of Topliss-reactive ketones (excluding diaryl/α,β-unsaturated/α-hetero) is 1. The fourth-order valence-corrected chi connectivity index (χ4v) is 6.16. The van der Waals surface area contributed by atoms with E-state index in [0.29, 0.717) is 57.3 Å². The first kappa shape index (κ1) is 29.6. The van der Waals surface area contributed by atoms with Gasteiger partial charge in [-0.15, -0.1) is 0 Å². The van der Waals surface area contributed by atoms with Gasteiger partial charge in [-0.25, -0.2) is 0 Å². The Morgan fingerprint density at radius 3 is 2.27 bits per heavy atom. The van der Waals surface area contributed by atoms with Gasteiger partial charge in [0.25, 0.3) is 0 Å². The van der Waals surface area contributed by atoms with Crippen molar-refractivity contribution in [3.05, 3.63) is 57.2 Å². The third-order valence-electron chi connectivity index (χ3n) is 7.73. The van der Waals surface area contributed by atoms with Gasteiger partial charge >= 0.3 is 5.97 Å². The second-order valence-corrected chi connectivity index (χ2v) is 11.0. The van der Waals surface area contributed by atoms with Crippen molar-refractivity contribution in [1.82, 2.24) is 0 Å². The first-order valence-corrected chi connectivity index (χ1v) is 14.1. The lowest BCUT2D eigenvalue weighted by atomic mass is 9.69. The SMILES string of the molecule is CC[C@H](C)OC(=O)C1C(C)=NC2=C(C(=O)C[C@H](c3ccc(OC)c(OC)c3)C2)[C@H]1c1cc(Br)c(OC)c(OC)c1. The second-order valence-electron chi connectivity index (χ2n) is 10.1. The number of carbonyl (C=O) groups is 2. The molecule has 8 nitrogen and oxygen atoms in total. The van der Waals surface area contributed by atoms with Crippen molar-refractivity contribution in [1.29, 1.82) is 0 Å². The minimum absolute atomic E-state index is 0.0467. The van der Waals surface area contributed by atoms with E-state index < -0.39 is 17.8 Å². The van der Waals surface area contributed by atoms with Crippen LogP contribution in [0.1, 0.15) is 63.0 Å². The summed E-state index contributed by atoms with van der Waals surface area (Å²) in [4.78, 5) is 32.4. The summed E-state index contributed by atoms with van der Waals surface area (Å²) in [6.45, 7) is 5.65. The molecule has 0 fully saturated rings. The molecule has 0 radical (unpaired) electrons. The zero-order chi connectivity index (χ0) is 29.1. The van der Waals surface area contributed by atoms with Gasteiger partial charge in [-0.1, -0.05) is 13.0 Å². The van der Waals surface area contributed by atoms with E-state index in [2.05, 4.69) is 15.9 Å². The van der Waals surface area contributed by atoms with E-state index in [0.717, 1.165) is 11.1 Å². The monoisotopic (exact) mass is 613 g/mol.